The highest BCUT2D eigenvalue weighted by molar-refractivity contribution is 5.95. The van der Waals surface area contributed by atoms with Crippen LogP contribution in [0.2, 0.25) is 0 Å². The van der Waals surface area contributed by atoms with Gasteiger partial charge in [-0.05, 0) is 52.1 Å². The van der Waals surface area contributed by atoms with Crippen molar-refractivity contribution in [1.82, 2.24) is 19.8 Å². The van der Waals surface area contributed by atoms with Crippen LogP contribution in [0.4, 0.5) is 5.95 Å². The van der Waals surface area contributed by atoms with Crippen LogP contribution in [-0.2, 0) is 0 Å². The zero-order chi connectivity index (χ0) is 18.5. The maximum absolute atomic E-state index is 13.2. The van der Waals surface area contributed by atoms with E-state index < -0.39 is 0 Å². The van der Waals surface area contributed by atoms with Gasteiger partial charge in [0.15, 0.2) is 0 Å². The zero-order valence-electron chi connectivity index (χ0n) is 16.6. The molecule has 2 fully saturated rings. The van der Waals surface area contributed by atoms with Gasteiger partial charge in [0.25, 0.3) is 5.91 Å². The number of aromatic nitrogens is 2. The number of piperidine rings is 1. The predicted molar refractivity (Wildman–Crippen MR) is 105 cm³/mol. The van der Waals surface area contributed by atoms with E-state index in [-0.39, 0.29) is 5.91 Å². The van der Waals surface area contributed by atoms with E-state index in [1.807, 2.05) is 25.9 Å². The monoisotopic (exact) mass is 359 g/mol. The molecule has 1 atom stereocenters. The largest absolute Gasteiger partial charge is 0.347 e. The fourth-order valence-electron chi connectivity index (χ4n) is 4.11. The Hall–Kier alpha value is -1.69. The van der Waals surface area contributed by atoms with Crippen molar-refractivity contribution in [3.05, 3.63) is 17.5 Å². The summed E-state index contributed by atoms with van der Waals surface area (Å²) in [5.41, 5.74) is 1.42. The van der Waals surface area contributed by atoms with Gasteiger partial charge in [-0.3, -0.25) is 4.79 Å². The minimum Gasteiger partial charge on any atom is -0.347 e. The van der Waals surface area contributed by atoms with Crippen LogP contribution in [0.25, 0.3) is 0 Å². The van der Waals surface area contributed by atoms with Crippen LogP contribution in [0.15, 0.2) is 6.20 Å². The van der Waals surface area contributed by atoms with Gasteiger partial charge in [-0.25, -0.2) is 9.97 Å². The number of nitrogens with zero attached hydrogens (tertiary/aromatic N) is 5. The number of anilines is 1. The molecule has 2 saturated heterocycles. The molecule has 144 valence electrons. The van der Waals surface area contributed by atoms with Crippen LogP contribution in [0.1, 0.15) is 61.0 Å². The highest BCUT2D eigenvalue weighted by Crippen LogP contribution is 2.23. The van der Waals surface area contributed by atoms with Gasteiger partial charge in [0.1, 0.15) is 0 Å². The summed E-state index contributed by atoms with van der Waals surface area (Å²) < 4.78 is 0. The molecule has 2 aliphatic heterocycles. The molecule has 0 saturated carbocycles. The quantitative estimate of drug-likeness (QED) is 0.827. The van der Waals surface area contributed by atoms with Gasteiger partial charge in [-0.2, -0.15) is 0 Å². The molecule has 6 nitrogen and oxygen atoms in total. The molecule has 1 aromatic rings. The zero-order valence-corrected chi connectivity index (χ0v) is 16.6. The summed E-state index contributed by atoms with van der Waals surface area (Å²) in [7, 11) is 3.83. The molecule has 0 bridgehead atoms. The van der Waals surface area contributed by atoms with Gasteiger partial charge < -0.3 is 14.7 Å². The molecule has 3 rings (SSSR count). The van der Waals surface area contributed by atoms with Crippen LogP contribution < -0.4 is 4.90 Å². The van der Waals surface area contributed by atoms with Crippen LogP contribution in [0.5, 0.6) is 0 Å². The van der Waals surface area contributed by atoms with E-state index in [0.717, 1.165) is 31.6 Å². The Morgan fingerprint density at radius 3 is 2.46 bits per heavy atom. The predicted octanol–water partition coefficient (Wildman–Crippen LogP) is 2.72. The molecule has 2 aliphatic rings. The second-order valence-electron chi connectivity index (χ2n) is 7.93. The molecule has 1 amide bonds. The Morgan fingerprint density at radius 1 is 1.12 bits per heavy atom. The number of likely N-dealkylation sites (tertiary alicyclic amines) is 2. The van der Waals surface area contributed by atoms with Gasteiger partial charge in [-0.1, -0.05) is 12.8 Å². The van der Waals surface area contributed by atoms with E-state index in [1.54, 1.807) is 6.20 Å². The molecule has 0 radical (unpaired) electrons. The second-order valence-corrected chi connectivity index (χ2v) is 7.93. The molecule has 26 heavy (non-hydrogen) atoms. The topological polar surface area (TPSA) is 52.6 Å². The lowest BCUT2D eigenvalue weighted by Crippen LogP contribution is -2.49. The number of hydrogen-bond acceptors (Lipinski definition) is 5. The summed E-state index contributed by atoms with van der Waals surface area (Å²) in [4.78, 5) is 28.6. The van der Waals surface area contributed by atoms with Crippen molar-refractivity contribution in [2.45, 2.75) is 57.9 Å². The molecule has 0 N–H and O–H groups in total. The molecular formula is C20H33N5O. The second kappa shape index (κ2) is 8.80. The van der Waals surface area contributed by atoms with Crippen molar-refractivity contribution in [3.63, 3.8) is 0 Å². The number of carbonyl (C=O) groups excluding carboxylic acids is 1. The number of rotatable bonds is 4. The maximum atomic E-state index is 13.2. The molecule has 0 spiro atoms. The van der Waals surface area contributed by atoms with Gasteiger partial charge in [0.2, 0.25) is 5.95 Å². The third kappa shape index (κ3) is 4.53. The third-order valence-electron chi connectivity index (χ3n) is 5.65. The average molecular weight is 360 g/mol. The van der Waals surface area contributed by atoms with Gasteiger partial charge in [0.05, 0.1) is 11.3 Å². The van der Waals surface area contributed by atoms with Crippen molar-refractivity contribution >= 4 is 11.9 Å². The lowest BCUT2D eigenvalue weighted by Gasteiger charge is -2.38. The fourth-order valence-corrected chi connectivity index (χ4v) is 4.11. The van der Waals surface area contributed by atoms with Crippen LogP contribution >= 0.6 is 0 Å². The fraction of sp³-hybridized carbons (Fsp3) is 0.750. The molecule has 6 heteroatoms. The smallest absolute Gasteiger partial charge is 0.257 e. The van der Waals surface area contributed by atoms with Gasteiger partial charge in [0, 0.05) is 39.4 Å². The SMILES string of the molecule is Cc1nc(N(C)C)ncc1C(=O)N1CCCC[C@H]1CN1CCCCCC1. The first-order valence-electron chi connectivity index (χ1n) is 10.1. The Kier molecular flexibility index (Phi) is 6.46. The summed E-state index contributed by atoms with van der Waals surface area (Å²) in [6.07, 6.45) is 10.4. The van der Waals surface area contributed by atoms with E-state index in [4.69, 9.17) is 0 Å². The normalized spacial score (nSPS) is 22.1. The molecule has 1 aromatic heterocycles. The summed E-state index contributed by atoms with van der Waals surface area (Å²) >= 11 is 0. The van der Waals surface area contributed by atoms with Crippen molar-refractivity contribution in [1.29, 1.82) is 0 Å². The Balaban J connectivity index is 1.73. The molecular weight excluding hydrogens is 326 g/mol. The minimum atomic E-state index is 0.104. The van der Waals surface area contributed by atoms with E-state index in [0.29, 0.717) is 17.6 Å². The van der Waals surface area contributed by atoms with Crippen LogP contribution in [0, 0.1) is 6.92 Å². The summed E-state index contributed by atoms with van der Waals surface area (Å²) in [5.74, 6) is 0.756. The maximum Gasteiger partial charge on any atom is 0.257 e. The molecule has 3 heterocycles. The first-order valence-corrected chi connectivity index (χ1v) is 10.1. The first-order chi connectivity index (χ1) is 12.6. The van der Waals surface area contributed by atoms with E-state index >= 15 is 0 Å². The van der Waals surface area contributed by atoms with E-state index in [9.17, 15) is 4.79 Å². The summed E-state index contributed by atoms with van der Waals surface area (Å²) in [6, 6.07) is 0.322. The first kappa shape index (κ1) is 19.1. The number of amides is 1. The lowest BCUT2D eigenvalue weighted by atomic mass is 10.00. The van der Waals surface area contributed by atoms with Crippen molar-refractivity contribution in [3.8, 4) is 0 Å². The van der Waals surface area contributed by atoms with Crippen LogP contribution in [-0.4, -0.2) is 72.0 Å². The number of carbonyl (C=O) groups is 1. The standard InChI is InChI=1S/C20H33N5O/c1-16-18(14-21-20(22-16)23(2)3)19(26)25-13-9-6-10-17(25)15-24-11-7-4-5-8-12-24/h14,17H,4-13,15H2,1-3H3/t17-/m0/s1. The minimum absolute atomic E-state index is 0.104. The number of hydrogen-bond donors (Lipinski definition) is 0. The Bertz CT molecular complexity index is 610. The molecule has 0 aliphatic carbocycles. The Morgan fingerprint density at radius 2 is 1.81 bits per heavy atom. The van der Waals surface area contributed by atoms with Crippen molar-refractivity contribution in [2.24, 2.45) is 0 Å². The van der Waals surface area contributed by atoms with Crippen molar-refractivity contribution in [2.75, 3.05) is 45.2 Å². The van der Waals surface area contributed by atoms with Crippen molar-refractivity contribution < 1.29 is 4.79 Å². The highest BCUT2D eigenvalue weighted by atomic mass is 16.2. The van der Waals surface area contributed by atoms with Gasteiger partial charge >= 0.3 is 0 Å². The average Bonchev–Trinajstić information content (AvgIpc) is 2.90. The summed E-state index contributed by atoms with van der Waals surface area (Å²) in [5, 5.41) is 0. The van der Waals surface area contributed by atoms with Gasteiger partial charge in [-0.15, -0.1) is 0 Å². The van der Waals surface area contributed by atoms with E-state index in [2.05, 4.69) is 19.8 Å². The molecule has 0 unspecified atom stereocenters. The van der Waals surface area contributed by atoms with E-state index in [1.165, 1.54) is 45.2 Å². The third-order valence-corrected chi connectivity index (χ3v) is 5.65. The van der Waals surface area contributed by atoms with Crippen LogP contribution in [0.3, 0.4) is 0 Å². The number of aryl methyl sites for hydroxylation is 1. The molecule has 0 aromatic carbocycles. The Labute approximate surface area is 157 Å². The lowest BCUT2D eigenvalue weighted by molar-refractivity contribution is 0.0545. The summed E-state index contributed by atoms with van der Waals surface area (Å²) in [6.45, 7) is 6.14. The highest BCUT2D eigenvalue weighted by Gasteiger charge is 2.30.